The van der Waals surface area contributed by atoms with Crippen LogP contribution in [0.5, 0.6) is 0 Å². The highest BCUT2D eigenvalue weighted by Gasteiger charge is 2.31. The highest BCUT2D eigenvalue weighted by atomic mass is 16.5. The monoisotopic (exact) mass is 254 g/mol. The van der Waals surface area contributed by atoms with Gasteiger partial charge in [0.15, 0.2) is 0 Å². The van der Waals surface area contributed by atoms with Crippen LogP contribution in [0.3, 0.4) is 0 Å². The van der Waals surface area contributed by atoms with E-state index < -0.39 is 0 Å². The molecule has 2 saturated carbocycles. The van der Waals surface area contributed by atoms with Crippen LogP contribution >= 0.6 is 0 Å². The van der Waals surface area contributed by atoms with Crippen molar-refractivity contribution in [2.75, 3.05) is 39.9 Å². The third kappa shape index (κ3) is 4.52. The van der Waals surface area contributed by atoms with Gasteiger partial charge in [0, 0.05) is 19.7 Å². The molecule has 0 atom stereocenters. The van der Waals surface area contributed by atoms with Gasteiger partial charge < -0.3 is 15.4 Å². The molecule has 0 aromatic rings. The number of ether oxygens (including phenoxy) is 1. The highest BCUT2D eigenvalue weighted by molar-refractivity contribution is 4.86. The van der Waals surface area contributed by atoms with Crippen LogP contribution in [0.2, 0.25) is 0 Å². The van der Waals surface area contributed by atoms with Crippen molar-refractivity contribution in [3.63, 3.8) is 0 Å². The summed E-state index contributed by atoms with van der Waals surface area (Å²) in [6.07, 6.45) is 9.52. The van der Waals surface area contributed by atoms with E-state index in [1.165, 1.54) is 44.9 Å². The van der Waals surface area contributed by atoms with Crippen molar-refractivity contribution < 1.29 is 4.74 Å². The Morgan fingerprint density at radius 1 is 1.22 bits per heavy atom. The number of nitrogens with two attached hydrogens (primary N) is 1. The Kier molecular flexibility index (Phi) is 5.46. The minimum absolute atomic E-state index is 0.392. The molecule has 0 aromatic heterocycles. The van der Waals surface area contributed by atoms with Crippen molar-refractivity contribution >= 4 is 0 Å². The number of hydrogen-bond donors (Lipinski definition) is 1. The second-order valence-electron chi connectivity index (χ2n) is 6.52. The fourth-order valence-corrected chi connectivity index (χ4v) is 3.14. The van der Waals surface area contributed by atoms with Gasteiger partial charge in [-0.15, -0.1) is 0 Å². The lowest BCUT2D eigenvalue weighted by Crippen LogP contribution is -2.43. The molecule has 0 aromatic carbocycles. The van der Waals surface area contributed by atoms with Gasteiger partial charge in [0.1, 0.15) is 0 Å². The zero-order valence-electron chi connectivity index (χ0n) is 12.0. The molecule has 0 radical (unpaired) electrons. The lowest BCUT2D eigenvalue weighted by Gasteiger charge is -2.39. The van der Waals surface area contributed by atoms with Gasteiger partial charge in [-0.1, -0.05) is 19.3 Å². The molecule has 2 aliphatic carbocycles. The summed E-state index contributed by atoms with van der Waals surface area (Å²) in [6, 6.07) is 0. The molecule has 3 nitrogen and oxygen atoms in total. The first-order valence-corrected chi connectivity index (χ1v) is 7.70. The van der Waals surface area contributed by atoms with Crippen molar-refractivity contribution in [3.8, 4) is 0 Å². The van der Waals surface area contributed by atoms with Crippen molar-refractivity contribution in [1.29, 1.82) is 0 Å². The third-order valence-electron chi connectivity index (χ3n) is 4.62. The van der Waals surface area contributed by atoms with Crippen LogP contribution in [0, 0.1) is 11.3 Å². The van der Waals surface area contributed by atoms with Gasteiger partial charge in [-0.2, -0.15) is 0 Å². The number of rotatable bonds is 8. The van der Waals surface area contributed by atoms with Gasteiger partial charge in [-0.25, -0.2) is 0 Å². The molecular weight excluding hydrogens is 224 g/mol. The molecular formula is C15H30N2O. The fraction of sp³-hybridized carbons (Fsp3) is 1.00. The second kappa shape index (κ2) is 6.88. The van der Waals surface area contributed by atoms with E-state index in [-0.39, 0.29) is 0 Å². The normalized spacial score (nSPS) is 23.5. The van der Waals surface area contributed by atoms with Gasteiger partial charge in [0.05, 0.1) is 6.61 Å². The molecule has 0 saturated heterocycles. The smallest absolute Gasteiger partial charge is 0.0593 e. The SMILES string of the molecule is CN(CCOCC1CC1)CC1(CN)CCCCC1. The molecule has 2 N–H and O–H groups in total. The Morgan fingerprint density at radius 3 is 2.56 bits per heavy atom. The Balaban J connectivity index is 1.62. The summed E-state index contributed by atoms with van der Waals surface area (Å²) in [5.41, 5.74) is 6.42. The van der Waals surface area contributed by atoms with E-state index in [4.69, 9.17) is 10.5 Å². The lowest BCUT2D eigenvalue weighted by atomic mass is 9.74. The van der Waals surface area contributed by atoms with Gasteiger partial charge in [0.2, 0.25) is 0 Å². The zero-order chi connectivity index (χ0) is 12.8. The summed E-state index contributed by atoms with van der Waals surface area (Å²) in [6.45, 7) is 4.91. The van der Waals surface area contributed by atoms with Gasteiger partial charge in [-0.3, -0.25) is 0 Å². The van der Waals surface area contributed by atoms with Crippen molar-refractivity contribution in [2.45, 2.75) is 44.9 Å². The van der Waals surface area contributed by atoms with Crippen LogP contribution in [-0.2, 0) is 4.74 Å². The zero-order valence-corrected chi connectivity index (χ0v) is 12.0. The van der Waals surface area contributed by atoms with Crippen LogP contribution < -0.4 is 5.73 Å². The molecule has 0 amide bonds. The molecule has 106 valence electrons. The van der Waals surface area contributed by atoms with Crippen LogP contribution in [0.15, 0.2) is 0 Å². The van der Waals surface area contributed by atoms with E-state index in [0.29, 0.717) is 5.41 Å². The first kappa shape index (κ1) is 14.3. The Bertz CT molecular complexity index is 235. The van der Waals surface area contributed by atoms with Crippen LogP contribution in [0.1, 0.15) is 44.9 Å². The molecule has 18 heavy (non-hydrogen) atoms. The second-order valence-corrected chi connectivity index (χ2v) is 6.52. The standard InChI is InChI=1S/C15H30N2O/c1-17(9-10-18-11-14-5-6-14)13-15(12-16)7-3-2-4-8-15/h14H,2-13,16H2,1H3. The molecule has 2 aliphatic rings. The van der Waals surface area contributed by atoms with Gasteiger partial charge >= 0.3 is 0 Å². The van der Waals surface area contributed by atoms with Crippen LogP contribution in [-0.4, -0.2) is 44.8 Å². The van der Waals surface area contributed by atoms with Crippen molar-refractivity contribution in [3.05, 3.63) is 0 Å². The van der Waals surface area contributed by atoms with Gasteiger partial charge in [0.25, 0.3) is 0 Å². The highest BCUT2D eigenvalue weighted by Crippen LogP contribution is 2.35. The lowest BCUT2D eigenvalue weighted by molar-refractivity contribution is 0.0762. The maximum atomic E-state index is 6.03. The molecule has 0 bridgehead atoms. The number of hydrogen-bond acceptors (Lipinski definition) is 3. The van der Waals surface area contributed by atoms with E-state index >= 15 is 0 Å². The molecule has 2 rings (SSSR count). The minimum Gasteiger partial charge on any atom is -0.380 e. The van der Waals surface area contributed by atoms with Crippen LogP contribution in [0.25, 0.3) is 0 Å². The maximum Gasteiger partial charge on any atom is 0.0593 e. The minimum atomic E-state index is 0.392. The topological polar surface area (TPSA) is 38.5 Å². The van der Waals surface area contributed by atoms with E-state index in [2.05, 4.69) is 11.9 Å². The van der Waals surface area contributed by atoms with E-state index in [1.54, 1.807) is 0 Å². The number of likely N-dealkylation sites (N-methyl/N-ethyl adjacent to an activating group) is 1. The number of nitrogens with zero attached hydrogens (tertiary/aromatic N) is 1. The largest absolute Gasteiger partial charge is 0.380 e. The molecule has 0 unspecified atom stereocenters. The van der Waals surface area contributed by atoms with Crippen molar-refractivity contribution in [2.24, 2.45) is 17.1 Å². The Morgan fingerprint density at radius 2 is 1.94 bits per heavy atom. The Hall–Kier alpha value is -0.120. The summed E-state index contributed by atoms with van der Waals surface area (Å²) in [4.78, 5) is 2.42. The fourth-order valence-electron chi connectivity index (χ4n) is 3.14. The van der Waals surface area contributed by atoms with Crippen LogP contribution in [0.4, 0.5) is 0 Å². The molecule has 0 heterocycles. The third-order valence-corrected chi connectivity index (χ3v) is 4.62. The predicted octanol–water partition coefficient (Wildman–Crippen LogP) is 2.25. The van der Waals surface area contributed by atoms with Gasteiger partial charge in [-0.05, 0) is 50.6 Å². The Labute approximate surface area is 112 Å². The molecule has 3 heteroatoms. The summed E-state index contributed by atoms with van der Waals surface area (Å²) >= 11 is 0. The first-order valence-electron chi connectivity index (χ1n) is 7.70. The summed E-state index contributed by atoms with van der Waals surface area (Å²) < 4.78 is 5.71. The summed E-state index contributed by atoms with van der Waals surface area (Å²) in [5, 5.41) is 0. The average molecular weight is 254 g/mol. The quantitative estimate of drug-likeness (QED) is 0.675. The van der Waals surface area contributed by atoms with Crippen molar-refractivity contribution in [1.82, 2.24) is 4.90 Å². The first-order chi connectivity index (χ1) is 8.74. The van der Waals surface area contributed by atoms with E-state index in [0.717, 1.165) is 38.8 Å². The molecule has 0 spiro atoms. The van der Waals surface area contributed by atoms with E-state index in [1.807, 2.05) is 0 Å². The van der Waals surface area contributed by atoms with E-state index in [9.17, 15) is 0 Å². The predicted molar refractivity (Wildman–Crippen MR) is 75.6 cm³/mol. The average Bonchev–Trinajstić information content (AvgIpc) is 3.20. The molecule has 2 fully saturated rings. The maximum absolute atomic E-state index is 6.03. The summed E-state index contributed by atoms with van der Waals surface area (Å²) in [5.74, 6) is 0.879. The summed E-state index contributed by atoms with van der Waals surface area (Å²) in [7, 11) is 2.21. The molecule has 0 aliphatic heterocycles.